The molecule has 1 aliphatic heterocycles. The molecule has 1 fully saturated rings. The van der Waals surface area contributed by atoms with Gasteiger partial charge in [-0.1, -0.05) is 0 Å². The summed E-state index contributed by atoms with van der Waals surface area (Å²) in [5.41, 5.74) is 1.04. The average molecular weight is 339 g/mol. The minimum absolute atomic E-state index is 0.109. The van der Waals surface area contributed by atoms with Crippen molar-refractivity contribution in [2.45, 2.75) is 26.2 Å². The second kappa shape index (κ2) is 7.59. The van der Waals surface area contributed by atoms with Gasteiger partial charge in [-0.3, -0.25) is 4.79 Å². The molecule has 0 atom stereocenters. The summed E-state index contributed by atoms with van der Waals surface area (Å²) < 4.78 is 27.6. The summed E-state index contributed by atoms with van der Waals surface area (Å²) >= 11 is 0. The van der Waals surface area contributed by atoms with E-state index >= 15 is 0 Å². The number of nitrogens with one attached hydrogen (secondary N) is 1. The van der Waals surface area contributed by atoms with Gasteiger partial charge in [0.2, 0.25) is 5.91 Å². The third-order valence-corrected chi connectivity index (χ3v) is 5.54. The van der Waals surface area contributed by atoms with Crippen molar-refractivity contribution in [3.63, 3.8) is 0 Å². The van der Waals surface area contributed by atoms with Crippen LogP contribution in [0.25, 0.3) is 0 Å². The average Bonchev–Trinajstić information content (AvgIpc) is 2.50. The minimum atomic E-state index is -2.90. The number of hydrogen-bond donors (Lipinski definition) is 1. The van der Waals surface area contributed by atoms with E-state index in [-0.39, 0.29) is 23.3 Å². The summed E-state index contributed by atoms with van der Waals surface area (Å²) in [6.07, 6.45) is 1.39. The Morgan fingerprint density at radius 3 is 2.35 bits per heavy atom. The maximum absolute atomic E-state index is 12.0. The predicted molar refractivity (Wildman–Crippen MR) is 87.0 cm³/mol. The first-order valence-electron chi connectivity index (χ1n) is 7.67. The molecule has 6 nitrogen and oxygen atoms in total. The third-order valence-electron chi connectivity index (χ3n) is 3.83. The standard InChI is InChI=1S/C16H21NO5S/c1-2-22-16(19)13-3-5-14(6-4-13)17-15(18)11-12-7-9-23(20,21)10-8-12/h3-6,12H,2,7-11H2,1H3,(H,17,18). The van der Waals surface area contributed by atoms with Crippen LogP contribution in [0.2, 0.25) is 0 Å². The SMILES string of the molecule is CCOC(=O)c1ccc(NC(=O)CC2CCS(=O)(=O)CC2)cc1. The zero-order valence-corrected chi connectivity index (χ0v) is 13.9. The number of carbonyl (C=O) groups is 2. The van der Waals surface area contributed by atoms with Crippen LogP contribution in [0.3, 0.4) is 0 Å². The zero-order valence-electron chi connectivity index (χ0n) is 13.1. The van der Waals surface area contributed by atoms with Gasteiger partial charge in [-0.05, 0) is 49.9 Å². The van der Waals surface area contributed by atoms with Crippen LogP contribution in [0.5, 0.6) is 0 Å². The molecule has 0 spiro atoms. The lowest BCUT2D eigenvalue weighted by atomic mass is 9.98. The first-order valence-corrected chi connectivity index (χ1v) is 9.49. The fourth-order valence-corrected chi connectivity index (χ4v) is 4.11. The number of benzene rings is 1. The molecule has 1 aliphatic rings. The van der Waals surface area contributed by atoms with Crippen LogP contribution in [0.4, 0.5) is 5.69 Å². The van der Waals surface area contributed by atoms with Gasteiger partial charge in [0.1, 0.15) is 9.84 Å². The summed E-state index contributed by atoms with van der Waals surface area (Å²) in [4.78, 5) is 23.5. The van der Waals surface area contributed by atoms with Crippen molar-refractivity contribution in [1.82, 2.24) is 0 Å². The molecule has 0 bridgehead atoms. The van der Waals surface area contributed by atoms with Crippen LogP contribution < -0.4 is 5.32 Å². The lowest BCUT2D eigenvalue weighted by molar-refractivity contribution is -0.117. The summed E-state index contributed by atoms with van der Waals surface area (Å²) in [6, 6.07) is 6.49. The molecule has 1 aromatic carbocycles. The molecule has 1 N–H and O–H groups in total. The van der Waals surface area contributed by atoms with E-state index in [2.05, 4.69) is 5.32 Å². The van der Waals surface area contributed by atoms with E-state index in [0.29, 0.717) is 37.1 Å². The highest BCUT2D eigenvalue weighted by Crippen LogP contribution is 2.22. The quantitative estimate of drug-likeness (QED) is 0.829. The molecule has 0 aliphatic carbocycles. The smallest absolute Gasteiger partial charge is 0.338 e. The molecule has 0 saturated carbocycles. The Balaban J connectivity index is 1.84. The Hall–Kier alpha value is -1.89. The highest BCUT2D eigenvalue weighted by Gasteiger charge is 2.25. The molecule has 23 heavy (non-hydrogen) atoms. The predicted octanol–water partition coefficient (Wildman–Crippen LogP) is 2.02. The fraction of sp³-hybridized carbons (Fsp3) is 0.500. The molecule has 126 valence electrons. The molecule has 1 amide bonds. The molecule has 0 unspecified atom stereocenters. The Morgan fingerprint density at radius 2 is 1.78 bits per heavy atom. The monoisotopic (exact) mass is 339 g/mol. The normalized spacial score (nSPS) is 17.4. The first kappa shape index (κ1) is 17.5. The zero-order chi connectivity index (χ0) is 16.9. The van der Waals surface area contributed by atoms with Gasteiger partial charge < -0.3 is 10.1 Å². The van der Waals surface area contributed by atoms with Gasteiger partial charge in [0, 0.05) is 12.1 Å². The fourth-order valence-electron chi connectivity index (χ4n) is 2.52. The number of carbonyl (C=O) groups excluding carboxylic acids is 2. The van der Waals surface area contributed by atoms with E-state index in [9.17, 15) is 18.0 Å². The summed E-state index contributed by atoms with van der Waals surface area (Å²) in [6.45, 7) is 2.05. The van der Waals surface area contributed by atoms with Crippen LogP contribution in [0.15, 0.2) is 24.3 Å². The number of ether oxygens (including phenoxy) is 1. The Kier molecular flexibility index (Phi) is 5.76. The molecule has 1 aromatic rings. The Morgan fingerprint density at radius 1 is 1.17 bits per heavy atom. The van der Waals surface area contributed by atoms with Crippen molar-refractivity contribution in [3.8, 4) is 0 Å². The number of rotatable bonds is 5. The molecular formula is C16H21NO5S. The van der Waals surface area contributed by atoms with E-state index in [1.165, 1.54) is 0 Å². The molecule has 0 aromatic heterocycles. The minimum Gasteiger partial charge on any atom is -0.462 e. The van der Waals surface area contributed by atoms with Crippen LogP contribution in [0.1, 0.15) is 36.5 Å². The van der Waals surface area contributed by atoms with Gasteiger partial charge in [0.15, 0.2) is 0 Å². The highest BCUT2D eigenvalue weighted by atomic mass is 32.2. The number of amides is 1. The maximum atomic E-state index is 12.0. The van der Waals surface area contributed by atoms with Gasteiger partial charge in [0.05, 0.1) is 23.7 Å². The van der Waals surface area contributed by atoms with Crippen molar-refractivity contribution < 1.29 is 22.7 Å². The molecule has 1 heterocycles. The second-order valence-electron chi connectivity index (χ2n) is 5.65. The van der Waals surface area contributed by atoms with Crippen molar-refractivity contribution in [1.29, 1.82) is 0 Å². The Labute approximate surface area is 136 Å². The van der Waals surface area contributed by atoms with Crippen molar-refractivity contribution in [2.75, 3.05) is 23.4 Å². The van der Waals surface area contributed by atoms with Crippen LogP contribution in [-0.2, 0) is 19.4 Å². The second-order valence-corrected chi connectivity index (χ2v) is 7.95. The van der Waals surface area contributed by atoms with Gasteiger partial charge in [-0.25, -0.2) is 13.2 Å². The molecular weight excluding hydrogens is 318 g/mol. The van der Waals surface area contributed by atoms with Crippen LogP contribution >= 0.6 is 0 Å². The third kappa shape index (κ3) is 5.35. The van der Waals surface area contributed by atoms with Gasteiger partial charge in [0.25, 0.3) is 0 Å². The summed E-state index contributed by atoms with van der Waals surface area (Å²) in [7, 11) is -2.90. The first-order chi connectivity index (χ1) is 10.9. The lowest BCUT2D eigenvalue weighted by Crippen LogP contribution is -2.26. The Bertz CT molecular complexity index is 652. The molecule has 1 saturated heterocycles. The van der Waals surface area contributed by atoms with E-state index in [1.807, 2.05) is 0 Å². The van der Waals surface area contributed by atoms with E-state index in [1.54, 1.807) is 31.2 Å². The van der Waals surface area contributed by atoms with Crippen molar-refractivity contribution in [3.05, 3.63) is 29.8 Å². The molecule has 7 heteroatoms. The van der Waals surface area contributed by atoms with Gasteiger partial charge in [-0.15, -0.1) is 0 Å². The number of sulfone groups is 1. The number of anilines is 1. The largest absolute Gasteiger partial charge is 0.462 e. The number of hydrogen-bond acceptors (Lipinski definition) is 5. The van der Waals surface area contributed by atoms with Gasteiger partial charge in [-0.2, -0.15) is 0 Å². The van der Waals surface area contributed by atoms with E-state index in [0.717, 1.165) is 0 Å². The topological polar surface area (TPSA) is 89.5 Å². The summed E-state index contributed by atoms with van der Waals surface area (Å²) in [5, 5.41) is 2.77. The van der Waals surface area contributed by atoms with Crippen LogP contribution in [-0.4, -0.2) is 38.4 Å². The van der Waals surface area contributed by atoms with Crippen LogP contribution in [0, 0.1) is 5.92 Å². The van der Waals surface area contributed by atoms with E-state index < -0.39 is 15.8 Å². The lowest BCUT2D eigenvalue weighted by Gasteiger charge is -2.21. The van der Waals surface area contributed by atoms with Crippen molar-refractivity contribution in [2.24, 2.45) is 5.92 Å². The highest BCUT2D eigenvalue weighted by molar-refractivity contribution is 7.91. The molecule has 2 rings (SSSR count). The maximum Gasteiger partial charge on any atom is 0.338 e. The number of esters is 1. The molecule has 0 radical (unpaired) electrons. The van der Waals surface area contributed by atoms with Gasteiger partial charge >= 0.3 is 5.97 Å². The summed E-state index contributed by atoms with van der Waals surface area (Å²) in [5.74, 6) is -0.0949. The van der Waals surface area contributed by atoms with Crippen molar-refractivity contribution >= 4 is 27.4 Å². The van der Waals surface area contributed by atoms with E-state index in [4.69, 9.17) is 4.74 Å².